The van der Waals surface area contributed by atoms with Crippen LogP contribution in [0.15, 0.2) is 18.3 Å². The number of rotatable bonds is 2. The highest BCUT2D eigenvalue weighted by Gasteiger charge is 2.31. The highest BCUT2D eigenvalue weighted by molar-refractivity contribution is 5.41. The van der Waals surface area contributed by atoms with Gasteiger partial charge in [-0.1, -0.05) is 6.07 Å². The number of nitrogens with zero attached hydrogens (tertiary/aromatic N) is 2. The van der Waals surface area contributed by atoms with Crippen molar-refractivity contribution in [3.05, 3.63) is 23.9 Å². The van der Waals surface area contributed by atoms with E-state index in [1.54, 1.807) is 13.1 Å². The normalized spacial score (nSPS) is 27.1. The minimum Gasteiger partial charge on any atom is -0.389 e. The van der Waals surface area contributed by atoms with Gasteiger partial charge >= 0.3 is 0 Å². The second-order valence-electron chi connectivity index (χ2n) is 4.79. The summed E-state index contributed by atoms with van der Waals surface area (Å²) in [7, 11) is 0. The molecule has 2 rings (SSSR count). The van der Waals surface area contributed by atoms with Crippen LogP contribution in [0.5, 0.6) is 0 Å². The third-order valence-electron chi connectivity index (χ3n) is 3.03. The molecule has 0 aliphatic carbocycles. The zero-order chi connectivity index (χ0) is 11.8. The lowest BCUT2D eigenvalue weighted by atomic mass is 10.1. The summed E-state index contributed by atoms with van der Waals surface area (Å²) in [6, 6.07) is 3.77. The monoisotopic (exact) mass is 222 g/mol. The number of aliphatic hydroxyl groups excluding tert-OH is 1. The first kappa shape index (κ1) is 11.4. The van der Waals surface area contributed by atoms with Crippen molar-refractivity contribution in [1.82, 2.24) is 4.98 Å². The molecule has 0 saturated carbocycles. The lowest BCUT2D eigenvalue weighted by molar-refractivity contribution is 0.0839. The molecule has 0 amide bonds. The molecule has 4 nitrogen and oxygen atoms in total. The van der Waals surface area contributed by atoms with Gasteiger partial charge in [-0.3, -0.25) is 0 Å². The number of hydrogen-bond acceptors (Lipinski definition) is 4. The van der Waals surface area contributed by atoms with Gasteiger partial charge < -0.3 is 15.1 Å². The van der Waals surface area contributed by atoms with E-state index in [0.29, 0.717) is 6.54 Å². The number of anilines is 1. The van der Waals surface area contributed by atoms with E-state index in [1.807, 2.05) is 19.1 Å². The van der Waals surface area contributed by atoms with E-state index < -0.39 is 11.7 Å². The Morgan fingerprint density at radius 1 is 1.50 bits per heavy atom. The van der Waals surface area contributed by atoms with Crippen LogP contribution in [0.1, 0.15) is 31.9 Å². The molecule has 88 valence electrons. The Labute approximate surface area is 95.5 Å². The van der Waals surface area contributed by atoms with Crippen molar-refractivity contribution < 1.29 is 10.2 Å². The van der Waals surface area contributed by atoms with Crippen molar-refractivity contribution in [2.75, 3.05) is 18.0 Å². The second kappa shape index (κ2) is 4.03. The zero-order valence-corrected chi connectivity index (χ0v) is 9.72. The van der Waals surface area contributed by atoms with Crippen molar-refractivity contribution in [2.24, 2.45) is 0 Å². The van der Waals surface area contributed by atoms with Crippen LogP contribution in [0.2, 0.25) is 0 Å². The summed E-state index contributed by atoms with van der Waals surface area (Å²) >= 11 is 0. The van der Waals surface area contributed by atoms with Crippen LogP contribution in [0.4, 0.5) is 5.82 Å². The van der Waals surface area contributed by atoms with Crippen molar-refractivity contribution in [1.29, 1.82) is 0 Å². The Balaban J connectivity index is 2.11. The molecule has 1 fully saturated rings. The fourth-order valence-electron chi connectivity index (χ4n) is 1.97. The summed E-state index contributed by atoms with van der Waals surface area (Å²) in [6.07, 6.45) is 1.98. The smallest absolute Gasteiger partial charge is 0.128 e. The van der Waals surface area contributed by atoms with Crippen LogP contribution < -0.4 is 4.90 Å². The van der Waals surface area contributed by atoms with Gasteiger partial charge in [-0.25, -0.2) is 4.98 Å². The Kier molecular flexibility index (Phi) is 2.86. The highest BCUT2D eigenvalue weighted by atomic mass is 16.3. The van der Waals surface area contributed by atoms with Crippen molar-refractivity contribution >= 4 is 5.82 Å². The lowest BCUT2D eigenvalue weighted by Crippen LogP contribution is -2.29. The highest BCUT2D eigenvalue weighted by Crippen LogP contribution is 2.25. The topological polar surface area (TPSA) is 56.6 Å². The van der Waals surface area contributed by atoms with E-state index in [9.17, 15) is 10.2 Å². The molecule has 2 heterocycles. The fraction of sp³-hybridized carbons (Fsp3) is 0.583. The first-order valence-corrected chi connectivity index (χ1v) is 5.59. The molecule has 1 aromatic rings. The van der Waals surface area contributed by atoms with Gasteiger partial charge in [-0.2, -0.15) is 0 Å². The van der Waals surface area contributed by atoms with Crippen LogP contribution in [0.3, 0.4) is 0 Å². The van der Waals surface area contributed by atoms with Crippen LogP contribution >= 0.6 is 0 Å². The first-order chi connectivity index (χ1) is 7.48. The molecule has 1 aromatic heterocycles. The standard InChI is InChI=1S/C12H18N2O2/c1-9(15)10-3-4-11(13-7-10)14-6-5-12(2,16)8-14/h3-4,7,9,15-16H,5-6,8H2,1-2H3/t9-,12?/m0/s1. The summed E-state index contributed by atoms with van der Waals surface area (Å²) in [6.45, 7) is 5.01. The minimum absolute atomic E-state index is 0.483. The van der Waals surface area contributed by atoms with Crippen molar-refractivity contribution in [3.8, 4) is 0 Å². The van der Waals surface area contributed by atoms with E-state index in [0.717, 1.165) is 24.3 Å². The fourth-order valence-corrected chi connectivity index (χ4v) is 1.97. The SMILES string of the molecule is C[C@H](O)c1ccc(N2CCC(C)(O)C2)nc1. The molecule has 1 saturated heterocycles. The van der Waals surface area contributed by atoms with Gasteiger partial charge in [0.25, 0.3) is 0 Å². The van der Waals surface area contributed by atoms with Gasteiger partial charge in [0.05, 0.1) is 11.7 Å². The summed E-state index contributed by atoms with van der Waals surface area (Å²) in [5.74, 6) is 0.863. The molecule has 0 aromatic carbocycles. The number of β-amino-alcohol motifs (C(OH)–C–C–N with tert-alkyl or cyclic N) is 1. The van der Waals surface area contributed by atoms with Crippen LogP contribution in [0, 0.1) is 0 Å². The van der Waals surface area contributed by atoms with Gasteiger partial charge in [-0.15, -0.1) is 0 Å². The Morgan fingerprint density at radius 3 is 2.69 bits per heavy atom. The Bertz CT molecular complexity index is 360. The minimum atomic E-state index is -0.607. The molecule has 1 aliphatic heterocycles. The van der Waals surface area contributed by atoms with Crippen LogP contribution in [-0.2, 0) is 0 Å². The molecule has 2 N–H and O–H groups in total. The van der Waals surface area contributed by atoms with Gasteiger partial charge in [0.15, 0.2) is 0 Å². The molecule has 1 unspecified atom stereocenters. The summed E-state index contributed by atoms with van der Waals surface area (Å²) in [5, 5.41) is 19.2. The quantitative estimate of drug-likeness (QED) is 0.786. The Morgan fingerprint density at radius 2 is 2.25 bits per heavy atom. The molecular formula is C12H18N2O2. The van der Waals surface area contributed by atoms with Crippen molar-refractivity contribution in [3.63, 3.8) is 0 Å². The second-order valence-corrected chi connectivity index (χ2v) is 4.79. The molecule has 1 aliphatic rings. The van der Waals surface area contributed by atoms with E-state index in [2.05, 4.69) is 9.88 Å². The predicted octanol–water partition coefficient (Wildman–Crippen LogP) is 1.10. The lowest BCUT2D eigenvalue weighted by Gasteiger charge is -2.20. The van der Waals surface area contributed by atoms with E-state index in [4.69, 9.17) is 0 Å². The van der Waals surface area contributed by atoms with Crippen LogP contribution in [0.25, 0.3) is 0 Å². The van der Waals surface area contributed by atoms with Crippen LogP contribution in [-0.4, -0.2) is 33.9 Å². The summed E-state index contributed by atoms with van der Waals surface area (Å²) in [5.41, 5.74) is 0.208. The molecule has 4 heteroatoms. The van der Waals surface area contributed by atoms with Gasteiger partial charge in [-0.05, 0) is 31.9 Å². The Hall–Kier alpha value is -1.13. The molecule has 2 atom stereocenters. The van der Waals surface area contributed by atoms with E-state index >= 15 is 0 Å². The maximum Gasteiger partial charge on any atom is 0.128 e. The zero-order valence-electron chi connectivity index (χ0n) is 9.72. The summed E-state index contributed by atoms with van der Waals surface area (Å²) < 4.78 is 0. The average molecular weight is 222 g/mol. The molecule has 16 heavy (non-hydrogen) atoms. The predicted molar refractivity (Wildman–Crippen MR) is 62.3 cm³/mol. The number of aromatic nitrogens is 1. The van der Waals surface area contributed by atoms with E-state index in [-0.39, 0.29) is 0 Å². The average Bonchev–Trinajstić information content (AvgIpc) is 2.59. The third kappa shape index (κ3) is 2.33. The number of hydrogen-bond donors (Lipinski definition) is 2. The molecular weight excluding hydrogens is 204 g/mol. The van der Waals surface area contributed by atoms with Gasteiger partial charge in [0, 0.05) is 19.3 Å². The largest absolute Gasteiger partial charge is 0.389 e. The van der Waals surface area contributed by atoms with Crippen molar-refractivity contribution in [2.45, 2.75) is 32.0 Å². The maximum atomic E-state index is 9.86. The number of aliphatic hydroxyl groups is 2. The van der Waals surface area contributed by atoms with Gasteiger partial charge in [0.2, 0.25) is 0 Å². The molecule has 0 bridgehead atoms. The first-order valence-electron chi connectivity index (χ1n) is 5.59. The number of pyridine rings is 1. The molecule has 0 radical (unpaired) electrons. The maximum absolute atomic E-state index is 9.86. The molecule has 0 spiro atoms. The third-order valence-corrected chi connectivity index (χ3v) is 3.03. The summed E-state index contributed by atoms with van der Waals surface area (Å²) in [4.78, 5) is 6.36. The van der Waals surface area contributed by atoms with E-state index in [1.165, 1.54) is 0 Å². The van der Waals surface area contributed by atoms with Gasteiger partial charge in [0.1, 0.15) is 5.82 Å².